The number of carbonyl (C=O) groups excluding carboxylic acids is 2. The third kappa shape index (κ3) is 3.17. The number of carbonyl (C=O) groups is 2. The molecule has 2 aromatic carbocycles. The minimum absolute atomic E-state index is 0.274. The van der Waals surface area contributed by atoms with Crippen molar-refractivity contribution in [3.63, 3.8) is 0 Å². The highest BCUT2D eigenvalue weighted by atomic mass is 16.6. The van der Waals surface area contributed by atoms with Gasteiger partial charge in [-0.15, -0.1) is 0 Å². The minimum atomic E-state index is -1.06. The Kier molecular flexibility index (Phi) is 4.37. The summed E-state index contributed by atoms with van der Waals surface area (Å²) in [5, 5.41) is 2.64. The smallest absolute Gasteiger partial charge is 0.408 e. The lowest BCUT2D eigenvalue weighted by Gasteiger charge is -2.17. The van der Waals surface area contributed by atoms with Gasteiger partial charge in [0.15, 0.2) is 11.5 Å². The summed E-state index contributed by atoms with van der Waals surface area (Å²) in [6.07, 6.45) is -1.72. The van der Waals surface area contributed by atoms with Crippen molar-refractivity contribution >= 4 is 12.1 Å². The number of benzene rings is 2. The van der Waals surface area contributed by atoms with E-state index in [-0.39, 0.29) is 5.75 Å². The van der Waals surface area contributed by atoms with Gasteiger partial charge in [-0.05, 0) is 24.6 Å². The van der Waals surface area contributed by atoms with E-state index >= 15 is 0 Å². The van der Waals surface area contributed by atoms with Crippen LogP contribution >= 0.6 is 0 Å². The second kappa shape index (κ2) is 6.62. The first-order valence-corrected chi connectivity index (χ1v) is 7.47. The largest absolute Gasteiger partial charge is 0.493 e. The van der Waals surface area contributed by atoms with E-state index < -0.39 is 24.2 Å². The van der Waals surface area contributed by atoms with Crippen molar-refractivity contribution in [2.45, 2.75) is 19.1 Å². The number of hydrogen-bond acceptors (Lipinski definition) is 5. The number of cyclic esters (lactones) is 1. The Labute approximate surface area is 139 Å². The molecule has 1 heterocycles. The van der Waals surface area contributed by atoms with E-state index in [4.69, 9.17) is 14.2 Å². The van der Waals surface area contributed by atoms with Gasteiger partial charge in [-0.1, -0.05) is 42.0 Å². The van der Waals surface area contributed by atoms with Crippen molar-refractivity contribution in [1.29, 1.82) is 0 Å². The summed E-state index contributed by atoms with van der Waals surface area (Å²) >= 11 is 0. The Hall–Kier alpha value is -3.02. The van der Waals surface area contributed by atoms with E-state index in [1.807, 2.05) is 31.2 Å². The first kappa shape index (κ1) is 15.9. The zero-order valence-electron chi connectivity index (χ0n) is 13.3. The summed E-state index contributed by atoms with van der Waals surface area (Å²) in [4.78, 5) is 24.1. The molecule has 0 aromatic heterocycles. The molecule has 0 spiro atoms. The molecule has 0 bridgehead atoms. The average molecular weight is 327 g/mol. The monoisotopic (exact) mass is 327 g/mol. The molecule has 0 unspecified atom stereocenters. The summed E-state index contributed by atoms with van der Waals surface area (Å²) in [6, 6.07) is 13.7. The molecule has 6 nitrogen and oxygen atoms in total. The molecule has 1 aliphatic heterocycles. The highest BCUT2D eigenvalue weighted by molar-refractivity contribution is 5.85. The average Bonchev–Trinajstić information content (AvgIpc) is 2.98. The van der Waals surface area contributed by atoms with Crippen LogP contribution in [0, 0.1) is 6.92 Å². The van der Waals surface area contributed by atoms with Gasteiger partial charge in [0.05, 0.1) is 7.11 Å². The molecular formula is C18H17NO5. The zero-order valence-corrected chi connectivity index (χ0v) is 13.3. The van der Waals surface area contributed by atoms with E-state index in [0.717, 1.165) is 11.1 Å². The molecule has 0 aliphatic carbocycles. The molecular weight excluding hydrogens is 310 g/mol. The Balaban J connectivity index is 1.82. The van der Waals surface area contributed by atoms with Crippen molar-refractivity contribution in [2.24, 2.45) is 0 Å². The highest BCUT2D eigenvalue weighted by Gasteiger charge is 2.42. The molecule has 2 atom stereocenters. The highest BCUT2D eigenvalue weighted by Crippen LogP contribution is 2.30. The topological polar surface area (TPSA) is 73.9 Å². The fourth-order valence-electron chi connectivity index (χ4n) is 2.51. The van der Waals surface area contributed by atoms with Gasteiger partial charge in [-0.25, -0.2) is 9.59 Å². The maximum atomic E-state index is 12.5. The van der Waals surface area contributed by atoms with Gasteiger partial charge in [0.25, 0.3) is 0 Å². The third-order valence-corrected chi connectivity index (χ3v) is 3.76. The van der Waals surface area contributed by atoms with Crippen LogP contribution in [-0.2, 0) is 9.53 Å². The number of para-hydroxylation sites is 2. The van der Waals surface area contributed by atoms with Crippen LogP contribution in [0.25, 0.3) is 0 Å². The molecule has 1 aliphatic rings. The van der Waals surface area contributed by atoms with Crippen molar-refractivity contribution in [1.82, 2.24) is 5.32 Å². The minimum Gasteiger partial charge on any atom is -0.493 e. The van der Waals surface area contributed by atoms with Crippen LogP contribution in [0.4, 0.5) is 4.79 Å². The maximum Gasteiger partial charge on any atom is 0.408 e. The number of methoxy groups -OCH3 is 1. The van der Waals surface area contributed by atoms with Crippen molar-refractivity contribution < 1.29 is 23.8 Å². The van der Waals surface area contributed by atoms with Crippen LogP contribution in [0.1, 0.15) is 17.2 Å². The quantitative estimate of drug-likeness (QED) is 0.690. The normalized spacial score (nSPS) is 19.3. The lowest BCUT2D eigenvalue weighted by Crippen LogP contribution is -2.32. The fraction of sp³-hybridized carbons (Fsp3) is 0.222. The molecule has 0 radical (unpaired) electrons. The van der Waals surface area contributed by atoms with Gasteiger partial charge < -0.3 is 19.5 Å². The Morgan fingerprint density at radius 1 is 1.08 bits per heavy atom. The molecule has 1 fully saturated rings. The van der Waals surface area contributed by atoms with Gasteiger partial charge in [-0.3, -0.25) is 0 Å². The van der Waals surface area contributed by atoms with Crippen molar-refractivity contribution in [2.75, 3.05) is 7.11 Å². The van der Waals surface area contributed by atoms with E-state index in [9.17, 15) is 9.59 Å². The number of alkyl carbamates (subject to hydrolysis) is 1. The van der Waals surface area contributed by atoms with Crippen molar-refractivity contribution in [3.05, 3.63) is 59.7 Å². The van der Waals surface area contributed by atoms with Gasteiger partial charge >= 0.3 is 12.1 Å². The summed E-state index contributed by atoms with van der Waals surface area (Å²) in [5.74, 6) is 0.0362. The second-order valence-corrected chi connectivity index (χ2v) is 5.43. The van der Waals surface area contributed by atoms with Crippen molar-refractivity contribution in [3.8, 4) is 11.5 Å². The third-order valence-electron chi connectivity index (χ3n) is 3.76. The number of amides is 1. The lowest BCUT2D eigenvalue weighted by atomic mass is 10.0. The Bertz CT molecular complexity index is 756. The summed E-state index contributed by atoms with van der Waals surface area (Å²) in [5.41, 5.74) is 1.85. The van der Waals surface area contributed by atoms with Gasteiger partial charge in [-0.2, -0.15) is 0 Å². The second-order valence-electron chi connectivity index (χ2n) is 5.43. The van der Waals surface area contributed by atoms with Crippen LogP contribution in [-0.4, -0.2) is 25.3 Å². The first-order valence-electron chi connectivity index (χ1n) is 7.47. The van der Waals surface area contributed by atoms with Crippen LogP contribution in [0.2, 0.25) is 0 Å². The van der Waals surface area contributed by atoms with E-state index in [1.54, 1.807) is 24.3 Å². The van der Waals surface area contributed by atoms with E-state index in [2.05, 4.69) is 5.32 Å². The molecule has 6 heteroatoms. The fourth-order valence-corrected chi connectivity index (χ4v) is 2.51. The van der Waals surface area contributed by atoms with E-state index in [0.29, 0.717) is 5.75 Å². The van der Waals surface area contributed by atoms with Gasteiger partial charge in [0.1, 0.15) is 6.04 Å². The van der Waals surface area contributed by atoms with Gasteiger partial charge in [0, 0.05) is 0 Å². The molecule has 0 saturated carbocycles. The van der Waals surface area contributed by atoms with Crippen LogP contribution in [0.15, 0.2) is 48.5 Å². The Morgan fingerprint density at radius 3 is 2.42 bits per heavy atom. The SMILES string of the molecule is COc1ccccc1OC(=O)[C@@H]1OC(=O)N[C@@H]1c1ccc(C)cc1. The zero-order chi connectivity index (χ0) is 17.1. The first-order chi connectivity index (χ1) is 11.6. The molecule has 1 N–H and O–H groups in total. The number of hydrogen-bond donors (Lipinski definition) is 1. The lowest BCUT2D eigenvalue weighted by molar-refractivity contribution is -0.143. The van der Waals surface area contributed by atoms with E-state index in [1.165, 1.54) is 7.11 Å². The number of rotatable bonds is 4. The number of nitrogens with one attached hydrogen (secondary N) is 1. The number of ether oxygens (including phenoxy) is 3. The molecule has 1 saturated heterocycles. The maximum absolute atomic E-state index is 12.5. The predicted molar refractivity (Wildman–Crippen MR) is 86.0 cm³/mol. The number of esters is 1. The molecule has 24 heavy (non-hydrogen) atoms. The predicted octanol–water partition coefficient (Wildman–Crippen LogP) is 2.76. The van der Waals surface area contributed by atoms with Crippen LogP contribution in [0.5, 0.6) is 11.5 Å². The molecule has 3 rings (SSSR count). The summed E-state index contributed by atoms with van der Waals surface area (Å²) in [7, 11) is 1.49. The standard InChI is InChI=1S/C18H17NO5/c1-11-7-9-12(10-8-11)15-16(24-18(21)19-15)17(20)23-14-6-4-3-5-13(14)22-2/h3-10,15-16H,1-2H3,(H,19,21)/t15-,16-/m1/s1. The van der Waals surface area contributed by atoms with Gasteiger partial charge in [0.2, 0.25) is 6.10 Å². The molecule has 124 valence electrons. The van der Waals surface area contributed by atoms with Crippen LogP contribution in [0.3, 0.4) is 0 Å². The summed E-state index contributed by atoms with van der Waals surface area (Å²) in [6.45, 7) is 1.96. The molecule has 1 amide bonds. The Morgan fingerprint density at radius 2 is 1.75 bits per heavy atom. The number of aryl methyl sites for hydroxylation is 1. The molecule has 2 aromatic rings. The van der Waals surface area contributed by atoms with Crippen LogP contribution < -0.4 is 14.8 Å². The summed E-state index contributed by atoms with van der Waals surface area (Å²) < 4.78 is 15.6.